The van der Waals surface area contributed by atoms with Gasteiger partial charge in [0.25, 0.3) is 0 Å². The normalized spacial score (nSPS) is 29.5. The molecule has 1 aromatic carbocycles. The van der Waals surface area contributed by atoms with Gasteiger partial charge < -0.3 is 14.9 Å². The number of hydrogen-bond acceptors (Lipinski definition) is 5. The Kier molecular flexibility index (Phi) is 3.81. The van der Waals surface area contributed by atoms with Crippen molar-refractivity contribution in [2.45, 2.75) is 36.1 Å². The van der Waals surface area contributed by atoms with Gasteiger partial charge in [-0.15, -0.1) is 11.8 Å². The van der Waals surface area contributed by atoms with Crippen molar-refractivity contribution >= 4 is 23.4 Å². The molecule has 0 aliphatic carbocycles. The lowest BCUT2D eigenvalue weighted by atomic mass is 9.85. The molecular formula is C17H21N3O2S. The first-order chi connectivity index (χ1) is 10.8. The average molecular weight is 331 g/mol. The Bertz CT molecular complexity index is 665. The average Bonchev–Trinajstić information content (AvgIpc) is 2.74. The molecule has 0 spiro atoms. The Balaban J connectivity index is 1.81. The van der Waals surface area contributed by atoms with E-state index in [9.17, 15) is 15.2 Å². The largest absolute Gasteiger partial charge is 0.387 e. The molecule has 4 atom stereocenters. The smallest absolute Gasteiger partial charge is 0.233 e. The van der Waals surface area contributed by atoms with E-state index in [1.807, 2.05) is 57.1 Å². The van der Waals surface area contributed by atoms with Gasteiger partial charge in [0.2, 0.25) is 5.91 Å². The summed E-state index contributed by atoms with van der Waals surface area (Å²) in [5.74, 6) is -0.591. The number of thioether (sulfide) groups is 1. The minimum atomic E-state index is -0.833. The van der Waals surface area contributed by atoms with E-state index in [0.717, 1.165) is 11.3 Å². The number of β-lactam (4-membered cyclic amide) rings is 1. The highest BCUT2D eigenvalue weighted by Crippen LogP contribution is 2.55. The van der Waals surface area contributed by atoms with E-state index in [-0.39, 0.29) is 16.0 Å². The summed E-state index contributed by atoms with van der Waals surface area (Å²) in [6, 6.07) is 9.40. The molecule has 2 aliphatic heterocycles. The zero-order chi connectivity index (χ0) is 16.9. The first-order valence-corrected chi connectivity index (χ1v) is 8.51. The SMILES string of the molecule is CN(C)c1ccc(C(O)C2C(=O)N3C2SC(C)(C)C3C#N)cc1. The van der Waals surface area contributed by atoms with Gasteiger partial charge in [-0.3, -0.25) is 4.79 Å². The van der Waals surface area contributed by atoms with Gasteiger partial charge in [-0.25, -0.2) is 0 Å². The van der Waals surface area contributed by atoms with Crippen LogP contribution >= 0.6 is 11.8 Å². The fourth-order valence-corrected chi connectivity index (χ4v) is 4.98. The lowest BCUT2D eigenvalue weighted by Gasteiger charge is -2.45. The summed E-state index contributed by atoms with van der Waals surface area (Å²) in [6.07, 6.45) is -0.833. The van der Waals surface area contributed by atoms with E-state index < -0.39 is 18.1 Å². The van der Waals surface area contributed by atoms with Crippen LogP contribution in [0.5, 0.6) is 0 Å². The molecule has 3 rings (SSSR count). The van der Waals surface area contributed by atoms with E-state index in [1.54, 1.807) is 16.7 Å². The summed E-state index contributed by atoms with van der Waals surface area (Å²) in [7, 11) is 3.91. The number of benzene rings is 1. The van der Waals surface area contributed by atoms with E-state index >= 15 is 0 Å². The minimum Gasteiger partial charge on any atom is -0.387 e. The number of rotatable bonds is 3. The lowest BCUT2D eigenvalue weighted by Crippen LogP contribution is -2.61. The third-order valence-corrected chi connectivity index (χ3v) is 6.29. The molecule has 0 bridgehead atoms. The van der Waals surface area contributed by atoms with Crippen LogP contribution in [0.3, 0.4) is 0 Å². The number of nitrogens with zero attached hydrogens (tertiary/aromatic N) is 3. The third kappa shape index (κ3) is 2.39. The van der Waals surface area contributed by atoms with Crippen molar-refractivity contribution in [3.8, 4) is 6.07 Å². The zero-order valence-corrected chi connectivity index (χ0v) is 14.5. The van der Waals surface area contributed by atoms with Gasteiger partial charge in [-0.2, -0.15) is 5.26 Å². The van der Waals surface area contributed by atoms with Crippen LogP contribution in [0.1, 0.15) is 25.5 Å². The maximum atomic E-state index is 12.5. The second-order valence-corrected chi connectivity index (χ2v) is 8.62. The first kappa shape index (κ1) is 16.2. The molecule has 23 heavy (non-hydrogen) atoms. The van der Waals surface area contributed by atoms with Gasteiger partial charge in [0.1, 0.15) is 6.04 Å². The van der Waals surface area contributed by atoms with Crippen molar-refractivity contribution in [2.24, 2.45) is 5.92 Å². The standard InChI is InChI=1S/C17H21N3O2S/c1-17(2)12(9-18)20-15(22)13(16(20)23-17)14(21)10-5-7-11(8-6-10)19(3)4/h5-8,12-14,16,21H,1-4H3. The predicted octanol–water partition coefficient (Wildman–Crippen LogP) is 1.99. The molecule has 4 unspecified atom stereocenters. The number of aliphatic hydroxyl groups is 1. The van der Waals surface area contributed by atoms with Crippen molar-refractivity contribution in [3.63, 3.8) is 0 Å². The van der Waals surface area contributed by atoms with Crippen molar-refractivity contribution < 1.29 is 9.90 Å². The molecule has 122 valence electrons. The van der Waals surface area contributed by atoms with E-state index in [0.29, 0.717) is 0 Å². The van der Waals surface area contributed by atoms with Crippen LogP contribution in [-0.4, -0.2) is 46.2 Å². The Labute approximate surface area is 140 Å². The summed E-state index contributed by atoms with van der Waals surface area (Å²) < 4.78 is -0.307. The number of carbonyl (C=O) groups is 1. The number of hydrogen-bond donors (Lipinski definition) is 1. The summed E-state index contributed by atoms with van der Waals surface area (Å²) in [5.41, 5.74) is 1.79. The Morgan fingerprint density at radius 3 is 2.48 bits per heavy atom. The van der Waals surface area contributed by atoms with Gasteiger partial charge in [-0.1, -0.05) is 12.1 Å². The molecule has 0 radical (unpaired) electrons. The summed E-state index contributed by atoms with van der Waals surface area (Å²) in [4.78, 5) is 16.1. The molecule has 2 heterocycles. The highest BCUT2D eigenvalue weighted by Gasteiger charge is 2.63. The molecule has 1 aromatic rings. The van der Waals surface area contributed by atoms with Crippen LogP contribution in [0.2, 0.25) is 0 Å². The number of aliphatic hydroxyl groups excluding tert-OH is 1. The Morgan fingerprint density at radius 1 is 1.35 bits per heavy atom. The molecule has 0 aromatic heterocycles. The molecule has 2 aliphatic rings. The van der Waals surface area contributed by atoms with Gasteiger partial charge >= 0.3 is 0 Å². The highest BCUT2D eigenvalue weighted by atomic mass is 32.2. The molecule has 1 N–H and O–H groups in total. The van der Waals surface area contributed by atoms with E-state index in [1.165, 1.54) is 0 Å². The molecule has 5 nitrogen and oxygen atoms in total. The van der Waals surface area contributed by atoms with E-state index in [2.05, 4.69) is 6.07 Å². The molecule has 0 saturated carbocycles. The molecule has 2 saturated heterocycles. The number of nitriles is 1. The number of anilines is 1. The lowest BCUT2D eigenvalue weighted by molar-refractivity contribution is -0.159. The van der Waals surface area contributed by atoms with Crippen LogP contribution in [-0.2, 0) is 4.79 Å². The summed E-state index contributed by atoms with van der Waals surface area (Å²) >= 11 is 1.61. The van der Waals surface area contributed by atoms with Crippen molar-refractivity contribution in [2.75, 3.05) is 19.0 Å². The summed E-state index contributed by atoms with van der Waals surface area (Å²) in [5, 5.41) is 19.9. The number of amides is 1. The van der Waals surface area contributed by atoms with Crippen molar-refractivity contribution in [1.82, 2.24) is 4.90 Å². The topological polar surface area (TPSA) is 67.6 Å². The maximum Gasteiger partial charge on any atom is 0.233 e. The maximum absolute atomic E-state index is 12.5. The van der Waals surface area contributed by atoms with Gasteiger partial charge in [0.05, 0.1) is 23.5 Å². The van der Waals surface area contributed by atoms with Crippen LogP contribution in [0.4, 0.5) is 5.69 Å². The number of carbonyl (C=O) groups excluding carboxylic acids is 1. The van der Waals surface area contributed by atoms with Crippen molar-refractivity contribution in [1.29, 1.82) is 5.26 Å². The molecule has 1 amide bonds. The molecule has 2 fully saturated rings. The van der Waals surface area contributed by atoms with Gasteiger partial charge in [-0.05, 0) is 31.5 Å². The van der Waals surface area contributed by atoms with Gasteiger partial charge in [0, 0.05) is 24.5 Å². The molecular weight excluding hydrogens is 310 g/mol. The quantitative estimate of drug-likeness (QED) is 0.858. The highest BCUT2D eigenvalue weighted by molar-refractivity contribution is 8.01. The van der Waals surface area contributed by atoms with Crippen LogP contribution < -0.4 is 4.90 Å². The minimum absolute atomic E-state index is 0.120. The second kappa shape index (κ2) is 5.43. The fourth-order valence-electron chi connectivity index (χ4n) is 3.31. The zero-order valence-electron chi connectivity index (χ0n) is 13.7. The Morgan fingerprint density at radius 2 is 1.96 bits per heavy atom. The van der Waals surface area contributed by atoms with Crippen LogP contribution in [0.25, 0.3) is 0 Å². The fraction of sp³-hybridized carbons (Fsp3) is 0.529. The van der Waals surface area contributed by atoms with Crippen LogP contribution in [0.15, 0.2) is 24.3 Å². The third-order valence-electron chi connectivity index (χ3n) is 4.70. The predicted molar refractivity (Wildman–Crippen MR) is 90.9 cm³/mol. The monoisotopic (exact) mass is 331 g/mol. The first-order valence-electron chi connectivity index (χ1n) is 7.63. The van der Waals surface area contributed by atoms with Crippen LogP contribution in [0, 0.1) is 17.2 Å². The summed E-state index contributed by atoms with van der Waals surface area (Å²) in [6.45, 7) is 3.96. The van der Waals surface area contributed by atoms with Gasteiger partial charge in [0.15, 0.2) is 0 Å². The second-order valence-electron chi connectivity index (χ2n) is 6.85. The molecule has 6 heteroatoms. The Hall–Kier alpha value is -1.71. The van der Waals surface area contributed by atoms with Crippen molar-refractivity contribution in [3.05, 3.63) is 29.8 Å². The number of fused-ring (bicyclic) bond motifs is 1. The van der Waals surface area contributed by atoms with E-state index in [4.69, 9.17) is 0 Å².